The predicted molar refractivity (Wildman–Crippen MR) is 110 cm³/mol. The van der Waals surface area contributed by atoms with Crippen molar-refractivity contribution < 1.29 is 14.4 Å². The Bertz CT molecular complexity index is 1040. The van der Waals surface area contributed by atoms with Crippen LogP contribution in [0, 0.1) is 10.1 Å². The van der Waals surface area contributed by atoms with Gasteiger partial charge in [-0.05, 0) is 37.5 Å². The molecule has 8 nitrogen and oxygen atoms in total. The van der Waals surface area contributed by atoms with Gasteiger partial charge >= 0.3 is 0 Å². The van der Waals surface area contributed by atoms with Crippen LogP contribution in [0.2, 0.25) is 0 Å². The van der Waals surface area contributed by atoms with Crippen molar-refractivity contribution in [3.63, 3.8) is 0 Å². The molecule has 29 heavy (non-hydrogen) atoms. The standard InChI is InChI=1S/C21H22N4O4/c1-28-17-11-7-12-18(29-2)19(17)20-14-8-5-6-13-22-21(14)24(23-20)15-9-3-4-10-16(15)25(26)27/h3-4,7,9-12,22H,5-6,8,13H2,1-2H3. The summed E-state index contributed by atoms with van der Waals surface area (Å²) in [7, 11) is 3.21. The van der Waals surface area contributed by atoms with E-state index < -0.39 is 0 Å². The number of methoxy groups -OCH3 is 2. The SMILES string of the molecule is COc1cccc(OC)c1-c1nn(-c2ccccc2[N+](=O)[O-])c2c1CCCCN2. The molecule has 0 fully saturated rings. The van der Waals surface area contributed by atoms with E-state index in [1.165, 1.54) is 6.07 Å². The maximum absolute atomic E-state index is 11.6. The highest BCUT2D eigenvalue weighted by atomic mass is 16.6. The molecular weight excluding hydrogens is 372 g/mol. The van der Waals surface area contributed by atoms with E-state index in [0.717, 1.165) is 42.8 Å². The number of nitro groups is 1. The van der Waals surface area contributed by atoms with Crippen molar-refractivity contribution in [3.05, 3.63) is 58.1 Å². The van der Waals surface area contributed by atoms with Crippen LogP contribution in [-0.4, -0.2) is 35.5 Å². The largest absolute Gasteiger partial charge is 0.496 e. The Morgan fingerprint density at radius 2 is 1.79 bits per heavy atom. The van der Waals surface area contributed by atoms with E-state index >= 15 is 0 Å². The Morgan fingerprint density at radius 3 is 2.48 bits per heavy atom. The van der Waals surface area contributed by atoms with Gasteiger partial charge in [-0.3, -0.25) is 10.1 Å². The number of nitro benzene ring substituents is 1. The minimum Gasteiger partial charge on any atom is -0.496 e. The summed E-state index contributed by atoms with van der Waals surface area (Å²) in [6, 6.07) is 12.2. The van der Waals surface area contributed by atoms with Gasteiger partial charge in [0, 0.05) is 18.2 Å². The first-order chi connectivity index (χ1) is 14.2. The Kier molecular flexibility index (Phi) is 5.07. The predicted octanol–water partition coefficient (Wildman–Crippen LogP) is 4.21. The zero-order valence-corrected chi connectivity index (χ0v) is 16.3. The number of benzene rings is 2. The van der Waals surface area contributed by atoms with Gasteiger partial charge in [-0.25, -0.2) is 4.68 Å². The number of hydrogen-bond acceptors (Lipinski definition) is 6. The van der Waals surface area contributed by atoms with Gasteiger partial charge in [0.25, 0.3) is 5.69 Å². The summed E-state index contributed by atoms with van der Waals surface area (Å²) in [5.74, 6) is 2.06. The van der Waals surface area contributed by atoms with Gasteiger partial charge in [-0.15, -0.1) is 0 Å². The molecular formula is C21H22N4O4. The van der Waals surface area contributed by atoms with E-state index in [9.17, 15) is 10.1 Å². The maximum Gasteiger partial charge on any atom is 0.294 e. The smallest absolute Gasteiger partial charge is 0.294 e. The Balaban J connectivity index is 2.01. The fourth-order valence-corrected chi connectivity index (χ4v) is 3.76. The molecule has 8 heteroatoms. The molecule has 0 bridgehead atoms. The number of nitrogens with one attached hydrogen (secondary N) is 1. The fourth-order valence-electron chi connectivity index (χ4n) is 3.76. The molecule has 2 aromatic carbocycles. The lowest BCUT2D eigenvalue weighted by molar-refractivity contribution is -0.384. The molecule has 0 radical (unpaired) electrons. The average Bonchev–Trinajstić information content (AvgIpc) is 2.92. The van der Waals surface area contributed by atoms with Crippen molar-refractivity contribution >= 4 is 11.5 Å². The average molecular weight is 394 g/mol. The summed E-state index contributed by atoms with van der Waals surface area (Å²) in [4.78, 5) is 11.2. The molecule has 0 atom stereocenters. The minimum absolute atomic E-state index is 0.00221. The molecule has 3 aromatic rings. The van der Waals surface area contributed by atoms with Crippen LogP contribution in [0.4, 0.5) is 11.5 Å². The molecule has 0 saturated heterocycles. The number of aromatic nitrogens is 2. The van der Waals surface area contributed by atoms with E-state index in [1.54, 1.807) is 37.1 Å². The van der Waals surface area contributed by atoms with Crippen LogP contribution in [0.15, 0.2) is 42.5 Å². The summed E-state index contributed by atoms with van der Waals surface area (Å²) < 4.78 is 12.8. The Hall–Kier alpha value is -3.55. The number of nitrogens with zero attached hydrogens (tertiary/aromatic N) is 3. The summed E-state index contributed by atoms with van der Waals surface area (Å²) in [6.45, 7) is 0.780. The van der Waals surface area contributed by atoms with Crippen molar-refractivity contribution in [1.29, 1.82) is 0 Å². The fraction of sp³-hybridized carbons (Fsp3) is 0.286. The van der Waals surface area contributed by atoms with Crippen molar-refractivity contribution in [2.75, 3.05) is 26.1 Å². The first-order valence-corrected chi connectivity index (χ1v) is 9.46. The number of fused-ring (bicyclic) bond motifs is 1. The van der Waals surface area contributed by atoms with Crippen LogP contribution in [0.25, 0.3) is 16.9 Å². The third-order valence-corrected chi connectivity index (χ3v) is 5.10. The van der Waals surface area contributed by atoms with Gasteiger partial charge < -0.3 is 14.8 Å². The summed E-state index contributed by atoms with van der Waals surface area (Å²) in [5, 5.41) is 19.9. The number of rotatable bonds is 5. The minimum atomic E-state index is -0.385. The molecule has 0 saturated carbocycles. The lowest BCUT2D eigenvalue weighted by Crippen LogP contribution is -2.08. The van der Waals surface area contributed by atoms with E-state index in [4.69, 9.17) is 14.6 Å². The molecule has 1 aliphatic heterocycles. The lowest BCUT2D eigenvalue weighted by atomic mass is 10.0. The highest BCUT2D eigenvalue weighted by molar-refractivity contribution is 5.80. The molecule has 0 spiro atoms. The lowest BCUT2D eigenvalue weighted by Gasteiger charge is -2.12. The highest BCUT2D eigenvalue weighted by Crippen LogP contribution is 2.43. The summed E-state index contributed by atoms with van der Waals surface area (Å²) in [6.07, 6.45) is 2.81. The highest BCUT2D eigenvalue weighted by Gasteiger charge is 2.28. The van der Waals surface area contributed by atoms with Gasteiger partial charge in [0.2, 0.25) is 0 Å². The van der Waals surface area contributed by atoms with Crippen molar-refractivity contribution in [2.24, 2.45) is 0 Å². The normalized spacial score (nSPS) is 13.2. The van der Waals surface area contributed by atoms with Crippen molar-refractivity contribution in [1.82, 2.24) is 9.78 Å². The van der Waals surface area contributed by atoms with E-state index in [-0.39, 0.29) is 10.6 Å². The molecule has 0 amide bonds. The second-order valence-electron chi connectivity index (χ2n) is 6.75. The molecule has 4 rings (SSSR count). The van der Waals surface area contributed by atoms with Crippen molar-refractivity contribution in [3.8, 4) is 28.4 Å². The third-order valence-electron chi connectivity index (χ3n) is 5.10. The van der Waals surface area contributed by atoms with E-state index in [1.807, 2.05) is 18.2 Å². The van der Waals surface area contributed by atoms with E-state index in [0.29, 0.717) is 22.9 Å². The zero-order chi connectivity index (χ0) is 20.4. The molecule has 150 valence electrons. The van der Waals surface area contributed by atoms with Crippen LogP contribution in [0.5, 0.6) is 11.5 Å². The van der Waals surface area contributed by atoms with Gasteiger partial charge in [0.05, 0.1) is 24.7 Å². The Morgan fingerprint density at radius 1 is 1.07 bits per heavy atom. The number of para-hydroxylation sites is 2. The van der Waals surface area contributed by atoms with Crippen LogP contribution in [0.1, 0.15) is 18.4 Å². The monoisotopic (exact) mass is 394 g/mol. The van der Waals surface area contributed by atoms with Crippen LogP contribution in [0.3, 0.4) is 0 Å². The molecule has 0 unspecified atom stereocenters. The molecule has 2 heterocycles. The maximum atomic E-state index is 11.6. The first kappa shape index (κ1) is 18.8. The molecule has 0 aliphatic carbocycles. The quantitative estimate of drug-likeness (QED) is 0.515. The second kappa shape index (κ2) is 7.83. The number of ether oxygens (including phenoxy) is 2. The molecule has 1 aromatic heterocycles. The summed E-state index contributed by atoms with van der Waals surface area (Å²) in [5.41, 5.74) is 2.88. The number of anilines is 1. The Labute approximate surface area is 168 Å². The van der Waals surface area contributed by atoms with Gasteiger partial charge in [-0.1, -0.05) is 18.2 Å². The topological polar surface area (TPSA) is 91.5 Å². The van der Waals surface area contributed by atoms with Crippen LogP contribution in [-0.2, 0) is 6.42 Å². The van der Waals surface area contributed by atoms with Crippen molar-refractivity contribution in [2.45, 2.75) is 19.3 Å². The second-order valence-corrected chi connectivity index (χ2v) is 6.75. The molecule has 1 N–H and O–H groups in total. The zero-order valence-electron chi connectivity index (χ0n) is 16.3. The molecule has 1 aliphatic rings. The van der Waals surface area contributed by atoms with Gasteiger partial charge in [-0.2, -0.15) is 5.10 Å². The van der Waals surface area contributed by atoms with Crippen LogP contribution < -0.4 is 14.8 Å². The van der Waals surface area contributed by atoms with Crippen LogP contribution >= 0.6 is 0 Å². The van der Waals surface area contributed by atoms with E-state index in [2.05, 4.69) is 5.32 Å². The third kappa shape index (κ3) is 3.26. The first-order valence-electron chi connectivity index (χ1n) is 9.46. The van der Waals surface area contributed by atoms with Gasteiger partial charge in [0.1, 0.15) is 28.7 Å². The summed E-state index contributed by atoms with van der Waals surface area (Å²) >= 11 is 0. The number of hydrogen-bond donors (Lipinski definition) is 1. The van der Waals surface area contributed by atoms with Gasteiger partial charge in [0.15, 0.2) is 0 Å².